The number of rotatable bonds is 5. The third-order valence-electron chi connectivity index (χ3n) is 4.00. The van der Waals surface area contributed by atoms with Crippen LogP contribution in [0.3, 0.4) is 0 Å². The Morgan fingerprint density at radius 3 is 2.43 bits per heavy atom. The van der Waals surface area contributed by atoms with Crippen LogP contribution in [0.5, 0.6) is 0 Å². The highest BCUT2D eigenvalue weighted by atomic mass is 16.6. The molecule has 1 saturated heterocycles. The van der Waals surface area contributed by atoms with Gasteiger partial charge in [0, 0.05) is 12.8 Å². The fourth-order valence-electron chi connectivity index (χ4n) is 2.54. The standard InChI is InChI=1S/C17H29NO5/c1-7-8-12-14(18-11(3)19)15(20)10(2)13(23-12)9-22-16(21)17(4,5)6/h7,10,12-15,20H,1,8-9H2,2-6H3,(H,18,19)/t10-,12+,13?,14?,15-/m0/s1. The van der Waals surface area contributed by atoms with Gasteiger partial charge in [0.05, 0.1) is 29.8 Å². The van der Waals surface area contributed by atoms with Crippen molar-refractivity contribution in [3.05, 3.63) is 12.7 Å². The second-order valence-corrected chi connectivity index (χ2v) is 7.16. The highest BCUT2D eigenvalue weighted by Crippen LogP contribution is 2.28. The average Bonchev–Trinajstić information content (AvgIpc) is 2.43. The number of carbonyl (C=O) groups excluding carboxylic acids is 2. The summed E-state index contributed by atoms with van der Waals surface area (Å²) in [6.07, 6.45) is 0.557. The van der Waals surface area contributed by atoms with Crippen LogP contribution in [0.25, 0.3) is 0 Å². The molecule has 5 atom stereocenters. The minimum absolute atomic E-state index is 0.0781. The lowest BCUT2D eigenvalue weighted by Gasteiger charge is -2.43. The van der Waals surface area contributed by atoms with Gasteiger partial charge < -0.3 is 19.9 Å². The normalized spacial score (nSPS) is 31.3. The zero-order chi connectivity index (χ0) is 17.8. The van der Waals surface area contributed by atoms with Crippen molar-refractivity contribution in [3.8, 4) is 0 Å². The Morgan fingerprint density at radius 1 is 1.35 bits per heavy atom. The molecule has 0 aromatic rings. The molecule has 1 heterocycles. The Labute approximate surface area is 138 Å². The minimum Gasteiger partial charge on any atom is -0.463 e. The van der Waals surface area contributed by atoms with Gasteiger partial charge in [0.15, 0.2) is 0 Å². The summed E-state index contributed by atoms with van der Waals surface area (Å²) < 4.78 is 11.3. The topological polar surface area (TPSA) is 84.9 Å². The Bertz CT molecular complexity index is 443. The lowest BCUT2D eigenvalue weighted by molar-refractivity contribution is -0.182. The number of hydrogen-bond donors (Lipinski definition) is 2. The van der Waals surface area contributed by atoms with Crippen molar-refractivity contribution in [1.29, 1.82) is 0 Å². The van der Waals surface area contributed by atoms with E-state index in [-0.39, 0.29) is 24.4 Å². The van der Waals surface area contributed by atoms with Crippen LogP contribution in [0, 0.1) is 11.3 Å². The molecule has 1 aliphatic heterocycles. The van der Waals surface area contributed by atoms with Gasteiger partial charge in [-0.15, -0.1) is 6.58 Å². The number of ether oxygens (including phenoxy) is 2. The Balaban J connectivity index is 2.78. The molecule has 0 aromatic heterocycles. The van der Waals surface area contributed by atoms with Gasteiger partial charge in [-0.25, -0.2) is 0 Å². The molecule has 0 spiro atoms. The Hall–Kier alpha value is -1.40. The van der Waals surface area contributed by atoms with E-state index in [9.17, 15) is 14.7 Å². The van der Waals surface area contributed by atoms with Gasteiger partial charge in [-0.2, -0.15) is 0 Å². The van der Waals surface area contributed by atoms with Crippen molar-refractivity contribution in [2.45, 2.75) is 65.4 Å². The predicted molar refractivity (Wildman–Crippen MR) is 86.7 cm³/mol. The molecule has 0 aliphatic carbocycles. The van der Waals surface area contributed by atoms with Crippen LogP contribution in [0.15, 0.2) is 12.7 Å². The molecule has 2 N–H and O–H groups in total. The van der Waals surface area contributed by atoms with Crippen molar-refractivity contribution in [2.24, 2.45) is 11.3 Å². The van der Waals surface area contributed by atoms with Crippen molar-refractivity contribution in [1.82, 2.24) is 5.32 Å². The summed E-state index contributed by atoms with van der Waals surface area (Å²) >= 11 is 0. The molecule has 1 amide bonds. The third kappa shape index (κ3) is 5.32. The van der Waals surface area contributed by atoms with E-state index >= 15 is 0 Å². The van der Waals surface area contributed by atoms with Crippen LogP contribution in [-0.2, 0) is 19.1 Å². The molecule has 1 aliphatic rings. The van der Waals surface area contributed by atoms with Gasteiger partial charge >= 0.3 is 5.97 Å². The van der Waals surface area contributed by atoms with Crippen LogP contribution in [0.2, 0.25) is 0 Å². The van der Waals surface area contributed by atoms with Crippen molar-refractivity contribution in [2.75, 3.05) is 6.61 Å². The van der Waals surface area contributed by atoms with E-state index in [0.29, 0.717) is 6.42 Å². The molecule has 6 nitrogen and oxygen atoms in total. The number of nitrogens with one attached hydrogen (secondary N) is 1. The molecule has 132 valence electrons. The highest BCUT2D eigenvalue weighted by molar-refractivity contribution is 5.75. The maximum absolute atomic E-state index is 11.9. The number of aliphatic hydroxyl groups is 1. The van der Waals surface area contributed by atoms with E-state index in [4.69, 9.17) is 9.47 Å². The average molecular weight is 327 g/mol. The first-order valence-electron chi connectivity index (χ1n) is 7.96. The number of esters is 1. The maximum Gasteiger partial charge on any atom is 0.311 e. The van der Waals surface area contributed by atoms with E-state index < -0.39 is 29.8 Å². The molecular formula is C17H29NO5. The lowest BCUT2D eigenvalue weighted by atomic mass is 9.85. The summed E-state index contributed by atoms with van der Waals surface area (Å²) in [4.78, 5) is 23.2. The minimum atomic E-state index is -0.782. The second kappa shape index (κ2) is 7.93. The number of carbonyl (C=O) groups is 2. The smallest absolute Gasteiger partial charge is 0.311 e. The summed E-state index contributed by atoms with van der Waals surface area (Å²) in [5.74, 6) is -0.816. The lowest BCUT2D eigenvalue weighted by Crippen LogP contribution is -2.61. The Kier molecular flexibility index (Phi) is 6.77. The number of amides is 1. The molecule has 0 bridgehead atoms. The van der Waals surface area contributed by atoms with Crippen LogP contribution in [0.4, 0.5) is 0 Å². The number of aliphatic hydroxyl groups excluding tert-OH is 1. The summed E-state index contributed by atoms with van der Waals surface area (Å²) in [5.41, 5.74) is -0.588. The molecule has 23 heavy (non-hydrogen) atoms. The summed E-state index contributed by atoms with van der Waals surface area (Å²) in [6, 6.07) is -0.505. The van der Waals surface area contributed by atoms with Crippen LogP contribution < -0.4 is 5.32 Å². The quantitative estimate of drug-likeness (QED) is 0.589. The van der Waals surface area contributed by atoms with Gasteiger partial charge in [0.25, 0.3) is 0 Å². The summed E-state index contributed by atoms with van der Waals surface area (Å²) in [7, 11) is 0. The summed E-state index contributed by atoms with van der Waals surface area (Å²) in [6.45, 7) is 12.3. The van der Waals surface area contributed by atoms with E-state index in [2.05, 4.69) is 11.9 Å². The molecule has 0 radical (unpaired) electrons. The van der Waals surface area contributed by atoms with Gasteiger partial charge in [-0.3, -0.25) is 9.59 Å². The van der Waals surface area contributed by atoms with Gasteiger partial charge in [-0.05, 0) is 27.2 Å². The summed E-state index contributed by atoms with van der Waals surface area (Å²) in [5, 5.41) is 13.2. The number of hydrogen-bond acceptors (Lipinski definition) is 5. The maximum atomic E-state index is 11.9. The van der Waals surface area contributed by atoms with Crippen molar-refractivity contribution in [3.63, 3.8) is 0 Å². The largest absolute Gasteiger partial charge is 0.463 e. The first-order valence-corrected chi connectivity index (χ1v) is 7.96. The Morgan fingerprint density at radius 2 is 1.96 bits per heavy atom. The molecule has 6 heteroatoms. The first kappa shape index (κ1) is 19.6. The van der Waals surface area contributed by atoms with Gasteiger partial charge in [0.2, 0.25) is 5.91 Å². The molecule has 0 saturated carbocycles. The van der Waals surface area contributed by atoms with Gasteiger partial charge in [-0.1, -0.05) is 13.0 Å². The fourth-order valence-corrected chi connectivity index (χ4v) is 2.54. The van der Waals surface area contributed by atoms with Crippen LogP contribution in [-0.4, -0.2) is 47.9 Å². The zero-order valence-corrected chi connectivity index (χ0v) is 14.7. The molecule has 1 rings (SSSR count). The first-order chi connectivity index (χ1) is 10.6. The molecule has 0 aromatic carbocycles. The van der Waals surface area contributed by atoms with Crippen LogP contribution >= 0.6 is 0 Å². The van der Waals surface area contributed by atoms with Crippen molar-refractivity contribution < 1.29 is 24.2 Å². The third-order valence-corrected chi connectivity index (χ3v) is 4.00. The molecular weight excluding hydrogens is 298 g/mol. The molecule has 1 fully saturated rings. The second-order valence-electron chi connectivity index (χ2n) is 7.16. The monoisotopic (exact) mass is 327 g/mol. The highest BCUT2D eigenvalue weighted by Gasteiger charge is 2.43. The van der Waals surface area contributed by atoms with E-state index in [1.807, 2.05) is 6.92 Å². The van der Waals surface area contributed by atoms with E-state index in [1.165, 1.54) is 6.92 Å². The predicted octanol–water partition coefficient (Wildman–Crippen LogP) is 1.42. The van der Waals surface area contributed by atoms with Crippen molar-refractivity contribution >= 4 is 11.9 Å². The van der Waals surface area contributed by atoms with E-state index in [1.54, 1.807) is 26.8 Å². The van der Waals surface area contributed by atoms with Crippen LogP contribution in [0.1, 0.15) is 41.0 Å². The van der Waals surface area contributed by atoms with Gasteiger partial charge in [0.1, 0.15) is 6.61 Å². The SMILES string of the molecule is C=CC[C@H]1OC(COC(=O)C(C)(C)C)[C@H](C)[C@H](O)C1NC(C)=O. The zero-order valence-electron chi connectivity index (χ0n) is 14.7. The fraction of sp³-hybridized carbons (Fsp3) is 0.765. The van der Waals surface area contributed by atoms with E-state index in [0.717, 1.165) is 0 Å². The molecule has 2 unspecified atom stereocenters.